The van der Waals surface area contributed by atoms with E-state index in [-0.39, 0.29) is 22.8 Å². The van der Waals surface area contributed by atoms with E-state index in [2.05, 4.69) is 0 Å². The average molecular weight is 225 g/mol. The van der Waals surface area contributed by atoms with E-state index in [1.54, 1.807) is 6.92 Å². The zero-order valence-corrected chi connectivity index (χ0v) is 9.35. The van der Waals surface area contributed by atoms with Gasteiger partial charge in [0.25, 0.3) is 0 Å². The molecule has 1 heterocycles. The van der Waals surface area contributed by atoms with Crippen LogP contribution in [0.3, 0.4) is 0 Å². The Labute approximate surface area is 91.7 Å². The van der Waals surface area contributed by atoms with Crippen LogP contribution in [0.1, 0.15) is 34.0 Å². The maximum Gasteiger partial charge on any atom is 0.352 e. The average Bonchev–Trinajstić information content (AvgIpc) is 2.55. The van der Waals surface area contributed by atoms with Gasteiger partial charge >= 0.3 is 5.97 Å². The number of aryl methyl sites for hydroxylation is 1. The summed E-state index contributed by atoms with van der Waals surface area (Å²) in [6.45, 7) is 3.80. The van der Waals surface area contributed by atoms with Crippen LogP contribution in [0.25, 0.3) is 0 Å². The summed E-state index contributed by atoms with van der Waals surface area (Å²) in [6, 6.07) is 1.88. The predicted octanol–water partition coefficient (Wildman–Crippen LogP) is 2.06. The molecule has 0 spiro atoms. The Morgan fingerprint density at radius 2 is 2.27 bits per heavy atom. The zero-order chi connectivity index (χ0) is 11.4. The van der Waals surface area contributed by atoms with Gasteiger partial charge in [0, 0.05) is 4.88 Å². The lowest BCUT2D eigenvalue weighted by atomic mass is 10.2. The largest absolute Gasteiger partial charge is 0.505 e. The fourth-order valence-corrected chi connectivity index (χ4v) is 2.14. The van der Waals surface area contributed by atoms with Gasteiger partial charge in [0.15, 0.2) is 10.6 Å². The molecule has 15 heavy (non-hydrogen) atoms. The van der Waals surface area contributed by atoms with Crippen molar-refractivity contribution < 1.29 is 14.6 Å². The molecular formula is C10H11NO3S. The lowest BCUT2D eigenvalue weighted by molar-refractivity contribution is 0.0529. The molecular weight excluding hydrogens is 214 g/mol. The second-order valence-corrected chi connectivity index (χ2v) is 3.87. The van der Waals surface area contributed by atoms with Gasteiger partial charge in [-0.05, 0) is 13.3 Å². The molecule has 0 aliphatic rings. The van der Waals surface area contributed by atoms with Crippen molar-refractivity contribution in [3.63, 3.8) is 0 Å². The summed E-state index contributed by atoms with van der Waals surface area (Å²) in [5.74, 6) is -0.825. The maximum absolute atomic E-state index is 11.4. The Kier molecular flexibility index (Phi) is 3.69. The van der Waals surface area contributed by atoms with Crippen LogP contribution in [0.15, 0.2) is 0 Å². The molecule has 0 bridgehead atoms. The molecule has 80 valence electrons. The summed E-state index contributed by atoms with van der Waals surface area (Å²) >= 11 is 1.11. The standard InChI is InChI=1S/C10H11NO3S/c1-3-7-6(5-11)8(12)9(15-7)10(13)14-4-2/h12H,3-4H2,1-2H3. The van der Waals surface area contributed by atoms with E-state index in [4.69, 9.17) is 10.00 Å². The van der Waals surface area contributed by atoms with E-state index < -0.39 is 5.97 Å². The molecule has 0 saturated carbocycles. The minimum absolute atomic E-state index is 0.116. The van der Waals surface area contributed by atoms with Gasteiger partial charge in [0.2, 0.25) is 0 Å². The van der Waals surface area contributed by atoms with E-state index in [1.807, 2.05) is 13.0 Å². The predicted molar refractivity (Wildman–Crippen MR) is 56.0 cm³/mol. The summed E-state index contributed by atoms with van der Waals surface area (Å²) in [6.07, 6.45) is 0.612. The molecule has 0 aliphatic heterocycles. The quantitative estimate of drug-likeness (QED) is 0.799. The van der Waals surface area contributed by atoms with Gasteiger partial charge in [-0.15, -0.1) is 11.3 Å². The fourth-order valence-electron chi connectivity index (χ4n) is 1.17. The number of rotatable bonds is 3. The molecule has 4 nitrogen and oxygen atoms in total. The summed E-state index contributed by atoms with van der Waals surface area (Å²) in [4.78, 5) is 12.2. The highest BCUT2D eigenvalue weighted by Gasteiger charge is 2.22. The van der Waals surface area contributed by atoms with E-state index >= 15 is 0 Å². The number of ether oxygens (including phenoxy) is 1. The molecule has 1 N–H and O–H groups in total. The van der Waals surface area contributed by atoms with Crippen LogP contribution in [0.2, 0.25) is 0 Å². The first-order valence-corrected chi connectivity index (χ1v) is 5.39. The number of carbonyl (C=O) groups is 1. The first-order chi connectivity index (χ1) is 7.15. The Morgan fingerprint density at radius 1 is 1.60 bits per heavy atom. The van der Waals surface area contributed by atoms with Crippen LogP contribution in [0.5, 0.6) is 5.75 Å². The van der Waals surface area contributed by atoms with Crippen molar-refractivity contribution in [1.29, 1.82) is 5.26 Å². The number of nitrogens with zero attached hydrogens (tertiary/aromatic N) is 1. The number of aromatic hydroxyl groups is 1. The number of thiophene rings is 1. The van der Waals surface area contributed by atoms with Gasteiger partial charge in [-0.3, -0.25) is 0 Å². The van der Waals surface area contributed by atoms with Gasteiger partial charge in [-0.25, -0.2) is 4.79 Å². The van der Waals surface area contributed by atoms with E-state index in [0.29, 0.717) is 11.3 Å². The first kappa shape index (κ1) is 11.5. The normalized spacial score (nSPS) is 9.67. The van der Waals surface area contributed by atoms with Crippen molar-refractivity contribution in [2.24, 2.45) is 0 Å². The van der Waals surface area contributed by atoms with Crippen molar-refractivity contribution in [2.45, 2.75) is 20.3 Å². The highest BCUT2D eigenvalue weighted by atomic mass is 32.1. The highest BCUT2D eigenvalue weighted by Crippen LogP contribution is 2.34. The number of esters is 1. The topological polar surface area (TPSA) is 70.3 Å². The lowest BCUT2D eigenvalue weighted by Crippen LogP contribution is -2.02. The van der Waals surface area contributed by atoms with Gasteiger partial charge in [-0.1, -0.05) is 6.92 Å². The molecule has 1 aromatic rings. The van der Waals surface area contributed by atoms with Gasteiger partial charge in [0.05, 0.1) is 6.61 Å². The second-order valence-electron chi connectivity index (χ2n) is 2.76. The van der Waals surface area contributed by atoms with Gasteiger partial charge < -0.3 is 9.84 Å². The van der Waals surface area contributed by atoms with Crippen molar-refractivity contribution >= 4 is 17.3 Å². The van der Waals surface area contributed by atoms with Gasteiger partial charge in [-0.2, -0.15) is 5.26 Å². The number of hydrogen-bond acceptors (Lipinski definition) is 5. The van der Waals surface area contributed by atoms with Crippen molar-refractivity contribution in [1.82, 2.24) is 0 Å². The van der Waals surface area contributed by atoms with E-state index in [0.717, 1.165) is 11.3 Å². The molecule has 0 atom stereocenters. The number of hydrogen-bond donors (Lipinski definition) is 1. The fraction of sp³-hybridized carbons (Fsp3) is 0.400. The second kappa shape index (κ2) is 4.80. The molecule has 1 aromatic heterocycles. The van der Waals surface area contributed by atoms with Crippen LogP contribution >= 0.6 is 11.3 Å². The first-order valence-electron chi connectivity index (χ1n) is 4.57. The smallest absolute Gasteiger partial charge is 0.352 e. The number of carbonyl (C=O) groups excluding carboxylic acids is 1. The molecule has 0 fully saturated rings. The van der Waals surface area contributed by atoms with Crippen LogP contribution in [-0.2, 0) is 11.2 Å². The number of nitriles is 1. The van der Waals surface area contributed by atoms with Crippen LogP contribution < -0.4 is 0 Å². The molecule has 0 unspecified atom stereocenters. The third-order valence-electron chi connectivity index (χ3n) is 1.85. The molecule has 0 radical (unpaired) electrons. The Morgan fingerprint density at radius 3 is 2.67 bits per heavy atom. The summed E-state index contributed by atoms with van der Waals surface area (Å²) < 4.78 is 4.77. The zero-order valence-electron chi connectivity index (χ0n) is 8.53. The van der Waals surface area contributed by atoms with Gasteiger partial charge in [0.1, 0.15) is 11.6 Å². The Balaban J connectivity index is 3.16. The Bertz CT molecular complexity index is 417. The summed E-state index contributed by atoms with van der Waals surface area (Å²) in [7, 11) is 0. The van der Waals surface area contributed by atoms with Crippen molar-refractivity contribution in [3.8, 4) is 11.8 Å². The molecule has 0 aromatic carbocycles. The highest BCUT2D eigenvalue weighted by molar-refractivity contribution is 7.14. The SMILES string of the molecule is CCOC(=O)c1sc(CC)c(C#N)c1O. The minimum Gasteiger partial charge on any atom is -0.505 e. The molecule has 1 rings (SSSR count). The van der Waals surface area contributed by atoms with Crippen molar-refractivity contribution in [3.05, 3.63) is 15.3 Å². The minimum atomic E-state index is -0.573. The van der Waals surface area contributed by atoms with Crippen LogP contribution in [0, 0.1) is 11.3 Å². The maximum atomic E-state index is 11.4. The molecule has 0 saturated heterocycles. The van der Waals surface area contributed by atoms with Crippen LogP contribution in [-0.4, -0.2) is 17.7 Å². The van der Waals surface area contributed by atoms with Crippen molar-refractivity contribution in [2.75, 3.05) is 6.61 Å². The van der Waals surface area contributed by atoms with E-state index in [9.17, 15) is 9.90 Å². The third-order valence-corrected chi connectivity index (χ3v) is 3.15. The van der Waals surface area contributed by atoms with Crippen LogP contribution in [0.4, 0.5) is 0 Å². The van der Waals surface area contributed by atoms with E-state index in [1.165, 1.54) is 0 Å². The monoisotopic (exact) mass is 225 g/mol. The Hall–Kier alpha value is -1.54. The summed E-state index contributed by atoms with van der Waals surface area (Å²) in [5.41, 5.74) is 0.186. The molecule has 5 heteroatoms. The summed E-state index contributed by atoms with van der Waals surface area (Å²) in [5, 5.41) is 18.4. The third kappa shape index (κ3) is 2.10. The molecule has 0 aliphatic carbocycles. The lowest BCUT2D eigenvalue weighted by Gasteiger charge is -1.98. The molecule has 0 amide bonds.